The predicted molar refractivity (Wildman–Crippen MR) is 100 cm³/mol. The summed E-state index contributed by atoms with van der Waals surface area (Å²) in [6, 6.07) is 9.79. The van der Waals surface area contributed by atoms with Crippen LogP contribution in [0.25, 0.3) is 11.3 Å². The summed E-state index contributed by atoms with van der Waals surface area (Å²) in [5, 5.41) is 4.74. The number of hydrogen-bond acceptors (Lipinski definition) is 3. The molecule has 1 aliphatic rings. The van der Waals surface area contributed by atoms with Crippen LogP contribution < -0.4 is 5.73 Å². The summed E-state index contributed by atoms with van der Waals surface area (Å²) in [6.45, 7) is 7.43. The highest BCUT2D eigenvalue weighted by molar-refractivity contribution is 5.82. The predicted octanol–water partition coefficient (Wildman–Crippen LogP) is 2.39. The number of nitrogens with zero attached hydrogens (tertiary/aromatic N) is 3. The standard InChI is InChI=1S/C20H28N4O/c1-20(2,3)18(21)19(25)24-12-10-15-16(11-13-24)23(4)22-17(15)14-8-6-5-7-9-14/h5-9,18H,10-13,21H2,1-4H3/t18-/m1/s1. The van der Waals surface area contributed by atoms with Gasteiger partial charge in [0.25, 0.3) is 0 Å². The molecule has 2 heterocycles. The van der Waals surface area contributed by atoms with Gasteiger partial charge in [-0.2, -0.15) is 5.10 Å². The minimum absolute atomic E-state index is 0.0505. The first-order valence-corrected chi connectivity index (χ1v) is 8.93. The van der Waals surface area contributed by atoms with Crippen molar-refractivity contribution in [3.8, 4) is 11.3 Å². The third-order valence-corrected chi connectivity index (χ3v) is 5.08. The first-order valence-electron chi connectivity index (χ1n) is 8.93. The third-order valence-electron chi connectivity index (χ3n) is 5.08. The second-order valence-electron chi connectivity index (χ2n) is 7.93. The van der Waals surface area contributed by atoms with Gasteiger partial charge in [0.05, 0.1) is 11.7 Å². The van der Waals surface area contributed by atoms with Gasteiger partial charge >= 0.3 is 0 Å². The first-order chi connectivity index (χ1) is 11.8. The number of benzene rings is 1. The van der Waals surface area contributed by atoms with Crippen LogP contribution in [0.4, 0.5) is 0 Å². The summed E-state index contributed by atoms with van der Waals surface area (Å²) in [6.07, 6.45) is 1.63. The molecule has 2 aromatic rings. The second kappa shape index (κ2) is 6.64. The van der Waals surface area contributed by atoms with E-state index in [1.165, 1.54) is 11.3 Å². The van der Waals surface area contributed by atoms with Gasteiger partial charge in [-0.3, -0.25) is 9.48 Å². The van der Waals surface area contributed by atoms with E-state index < -0.39 is 6.04 Å². The van der Waals surface area contributed by atoms with E-state index in [1.807, 2.05) is 55.6 Å². The quantitative estimate of drug-likeness (QED) is 0.913. The molecule has 2 N–H and O–H groups in total. The van der Waals surface area contributed by atoms with Crippen LogP contribution >= 0.6 is 0 Å². The van der Waals surface area contributed by atoms with E-state index in [0.717, 1.165) is 24.1 Å². The molecular weight excluding hydrogens is 312 g/mol. The molecule has 1 amide bonds. The lowest BCUT2D eigenvalue weighted by Gasteiger charge is -2.31. The lowest BCUT2D eigenvalue weighted by atomic mass is 9.86. The molecule has 0 saturated heterocycles. The molecule has 0 saturated carbocycles. The van der Waals surface area contributed by atoms with Crippen molar-refractivity contribution >= 4 is 5.91 Å². The van der Waals surface area contributed by atoms with Crippen molar-refractivity contribution in [2.75, 3.05) is 13.1 Å². The highest BCUT2D eigenvalue weighted by Crippen LogP contribution is 2.28. The Bertz CT molecular complexity index is 758. The monoisotopic (exact) mass is 340 g/mol. The number of fused-ring (bicyclic) bond motifs is 1. The zero-order valence-corrected chi connectivity index (χ0v) is 15.6. The molecule has 5 heteroatoms. The molecule has 1 aliphatic heterocycles. The van der Waals surface area contributed by atoms with Gasteiger partial charge in [-0.1, -0.05) is 51.1 Å². The Morgan fingerprint density at radius 3 is 2.44 bits per heavy atom. The molecule has 0 unspecified atom stereocenters. The number of carbonyl (C=O) groups is 1. The van der Waals surface area contributed by atoms with Crippen LogP contribution in [0.5, 0.6) is 0 Å². The van der Waals surface area contributed by atoms with E-state index in [0.29, 0.717) is 13.1 Å². The SMILES string of the molecule is Cn1nc(-c2ccccc2)c2c1CCN(C(=O)[C@@H](N)C(C)(C)C)CC2. The minimum atomic E-state index is -0.472. The van der Waals surface area contributed by atoms with Crippen LogP contribution in [0.1, 0.15) is 32.0 Å². The highest BCUT2D eigenvalue weighted by atomic mass is 16.2. The van der Waals surface area contributed by atoms with Gasteiger partial charge in [0.15, 0.2) is 0 Å². The van der Waals surface area contributed by atoms with Gasteiger partial charge in [0.2, 0.25) is 5.91 Å². The summed E-state index contributed by atoms with van der Waals surface area (Å²) in [7, 11) is 1.99. The van der Waals surface area contributed by atoms with E-state index in [4.69, 9.17) is 10.8 Å². The van der Waals surface area contributed by atoms with Crippen molar-refractivity contribution in [3.63, 3.8) is 0 Å². The normalized spacial score (nSPS) is 16.3. The Hall–Kier alpha value is -2.14. The summed E-state index contributed by atoms with van der Waals surface area (Å²) in [4.78, 5) is 14.7. The Balaban J connectivity index is 1.85. The number of rotatable bonds is 2. The molecule has 0 radical (unpaired) electrons. The van der Waals surface area contributed by atoms with Crippen molar-refractivity contribution in [2.45, 2.75) is 39.7 Å². The van der Waals surface area contributed by atoms with Crippen LogP contribution in [0.15, 0.2) is 30.3 Å². The van der Waals surface area contributed by atoms with Crippen molar-refractivity contribution in [3.05, 3.63) is 41.6 Å². The summed E-state index contributed by atoms with van der Waals surface area (Å²) < 4.78 is 1.97. The number of hydrogen-bond donors (Lipinski definition) is 1. The van der Waals surface area contributed by atoms with E-state index in [2.05, 4.69) is 12.1 Å². The Morgan fingerprint density at radius 2 is 1.80 bits per heavy atom. The summed E-state index contributed by atoms with van der Waals surface area (Å²) >= 11 is 0. The van der Waals surface area contributed by atoms with Crippen LogP contribution in [-0.4, -0.2) is 39.7 Å². The molecule has 0 aliphatic carbocycles. The van der Waals surface area contributed by atoms with Gasteiger partial charge in [-0.25, -0.2) is 0 Å². The fourth-order valence-electron chi connectivity index (χ4n) is 3.39. The molecule has 0 bridgehead atoms. The molecular formula is C20H28N4O. The summed E-state index contributed by atoms with van der Waals surface area (Å²) in [5.41, 5.74) is 10.6. The van der Waals surface area contributed by atoms with E-state index >= 15 is 0 Å². The molecule has 1 aromatic carbocycles. The van der Waals surface area contributed by atoms with Gasteiger partial charge in [-0.05, 0) is 11.8 Å². The molecule has 0 spiro atoms. The highest BCUT2D eigenvalue weighted by Gasteiger charge is 2.32. The molecule has 1 aromatic heterocycles. The molecule has 1 atom stereocenters. The number of aromatic nitrogens is 2. The minimum Gasteiger partial charge on any atom is -0.341 e. The number of aryl methyl sites for hydroxylation is 1. The average Bonchev–Trinajstić information content (AvgIpc) is 2.76. The lowest BCUT2D eigenvalue weighted by molar-refractivity contribution is -0.134. The Labute approximate surface area is 149 Å². The summed E-state index contributed by atoms with van der Waals surface area (Å²) in [5.74, 6) is 0.0505. The molecule has 134 valence electrons. The van der Waals surface area contributed by atoms with Crippen molar-refractivity contribution in [2.24, 2.45) is 18.2 Å². The van der Waals surface area contributed by atoms with E-state index in [9.17, 15) is 4.79 Å². The van der Waals surface area contributed by atoms with Crippen molar-refractivity contribution in [1.29, 1.82) is 0 Å². The zero-order chi connectivity index (χ0) is 18.2. The van der Waals surface area contributed by atoms with Gasteiger partial charge in [0.1, 0.15) is 0 Å². The number of amides is 1. The topological polar surface area (TPSA) is 64.2 Å². The van der Waals surface area contributed by atoms with E-state index in [1.54, 1.807) is 0 Å². The fourth-order valence-corrected chi connectivity index (χ4v) is 3.39. The van der Waals surface area contributed by atoms with Crippen LogP contribution in [0.3, 0.4) is 0 Å². The van der Waals surface area contributed by atoms with Gasteiger partial charge in [-0.15, -0.1) is 0 Å². The lowest BCUT2D eigenvalue weighted by Crippen LogP contribution is -2.51. The van der Waals surface area contributed by atoms with Crippen LogP contribution in [0.2, 0.25) is 0 Å². The average molecular weight is 340 g/mol. The Kier molecular flexibility index (Phi) is 4.69. The third kappa shape index (κ3) is 3.47. The molecule has 3 rings (SSSR count). The van der Waals surface area contributed by atoms with Gasteiger partial charge < -0.3 is 10.6 Å². The van der Waals surface area contributed by atoms with Crippen LogP contribution in [-0.2, 0) is 24.7 Å². The van der Waals surface area contributed by atoms with Crippen molar-refractivity contribution < 1.29 is 4.79 Å². The van der Waals surface area contributed by atoms with Gasteiger partial charge in [0, 0.05) is 43.4 Å². The maximum atomic E-state index is 12.8. The number of carbonyl (C=O) groups excluding carboxylic acids is 1. The second-order valence-corrected chi connectivity index (χ2v) is 7.93. The van der Waals surface area contributed by atoms with Crippen molar-refractivity contribution in [1.82, 2.24) is 14.7 Å². The van der Waals surface area contributed by atoms with Crippen LogP contribution in [0, 0.1) is 5.41 Å². The first kappa shape index (κ1) is 17.7. The van der Waals surface area contributed by atoms with E-state index in [-0.39, 0.29) is 11.3 Å². The molecule has 5 nitrogen and oxygen atoms in total. The maximum absolute atomic E-state index is 12.8. The number of nitrogens with two attached hydrogens (primary N) is 1. The molecule has 0 fully saturated rings. The molecule has 25 heavy (non-hydrogen) atoms. The Morgan fingerprint density at radius 1 is 1.16 bits per heavy atom. The fraction of sp³-hybridized carbons (Fsp3) is 0.500. The maximum Gasteiger partial charge on any atom is 0.240 e. The smallest absolute Gasteiger partial charge is 0.240 e. The zero-order valence-electron chi connectivity index (χ0n) is 15.6. The largest absolute Gasteiger partial charge is 0.341 e.